The van der Waals surface area contributed by atoms with E-state index in [1.165, 1.54) is 0 Å². The predicted molar refractivity (Wildman–Crippen MR) is 38.0 cm³/mol. The Hall–Kier alpha value is -0.350. The van der Waals surface area contributed by atoms with Crippen LogP contribution < -0.4 is 0 Å². The molecule has 0 spiro atoms. The van der Waals surface area contributed by atoms with Gasteiger partial charge in [-0.15, -0.1) is 0 Å². The Bertz CT molecular complexity index is 227. The van der Waals surface area contributed by atoms with Crippen LogP contribution in [0.2, 0.25) is 0 Å². The third-order valence-corrected chi connectivity index (χ3v) is 2.70. The molecule has 1 unspecified atom stereocenters. The van der Waals surface area contributed by atoms with Crippen molar-refractivity contribution >= 4 is 10.1 Å². The number of hydrogen-bond acceptors (Lipinski definition) is 3. The van der Waals surface area contributed by atoms with Crippen molar-refractivity contribution in [3.63, 3.8) is 0 Å². The highest BCUT2D eigenvalue weighted by molar-refractivity contribution is 7.86. The van der Waals surface area contributed by atoms with Crippen LogP contribution in [0.5, 0.6) is 0 Å². The summed E-state index contributed by atoms with van der Waals surface area (Å²) in [5.41, 5.74) is 0. The van der Waals surface area contributed by atoms with Gasteiger partial charge in [-0.1, -0.05) is 19.1 Å². The van der Waals surface area contributed by atoms with E-state index >= 15 is 0 Å². The van der Waals surface area contributed by atoms with Crippen LogP contribution in [0, 0.1) is 5.92 Å². The molecule has 0 bridgehead atoms. The maximum Gasteiger partial charge on any atom is 0.268 e. The topological polar surface area (TPSA) is 43.4 Å². The summed E-state index contributed by atoms with van der Waals surface area (Å²) in [7, 11) is -3.23. The summed E-state index contributed by atoms with van der Waals surface area (Å²) in [6.07, 6.45) is 3.58. The Morgan fingerprint density at radius 1 is 1.60 bits per heavy atom. The Morgan fingerprint density at radius 3 is 3.00 bits per heavy atom. The molecule has 58 valence electrons. The molecule has 0 radical (unpaired) electrons. The molecule has 0 N–H and O–H groups in total. The van der Waals surface area contributed by atoms with Gasteiger partial charge in [0.05, 0.1) is 12.4 Å². The Labute approximate surface area is 60.8 Å². The number of rotatable bonds is 0. The van der Waals surface area contributed by atoms with E-state index in [0.29, 0.717) is 0 Å². The van der Waals surface area contributed by atoms with Gasteiger partial charge >= 0.3 is 0 Å². The summed E-state index contributed by atoms with van der Waals surface area (Å²) in [5, 5.41) is 0. The third kappa shape index (κ3) is 2.11. The first-order chi connectivity index (χ1) is 4.60. The highest BCUT2D eigenvalue weighted by atomic mass is 32.2. The first-order valence-electron chi connectivity index (χ1n) is 3.14. The molecular formula is C6H10O3S. The second-order valence-electron chi connectivity index (χ2n) is 2.41. The lowest BCUT2D eigenvalue weighted by Gasteiger charge is -2.01. The van der Waals surface area contributed by atoms with Crippen LogP contribution in [0.3, 0.4) is 0 Å². The lowest BCUT2D eigenvalue weighted by molar-refractivity contribution is 0.359. The summed E-state index contributed by atoms with van der Waals surface area (Å²) in [6.45, 7) is 2.04. The average Bonchev–Trinajstić information content (AvgIpc) is 1.90. The van der Waals surface area contributed by atoms with Gasteiger partial charge in [-0.25, -0.2) is 0 Å². The summed E-state index contributed by atoms with van der Waals surface area (Å²) in [4.78, 5) is 0. The van der Waals surface area contributed by atoms with Crippen molar-refractivity contribution in [2.45, 2.75) is 6.92 Å². The number of allylic oxidation sites excluding steroid dienone is 1. The maximum atomic E-state index is 10.8. The lowest BCUT2D eigenvalue weighted by Crippen LogP contribution is -2.12. The van der Waals surface area contributed by atoms with Crippen molar-refractivity contribution < 1.29 is 12.6 Å². The normalized spacial score (nSPS) is 31.5. The summed E-state index contributed by atoms with van der Waals surface area (Å²) in [6, 6.07) is 0. The molecular weight excluding hydrogens is 152 g/mol. The molecule has 0 fully saturated rings. The zero-order chi connectivity index (χ0) is 7.61. The zero-order valence-electron chi connectivity index (χ0n) is 5.78. The smallest absolute Gasteiger partial charge is 0.266 e. The van der Waals surface area contributed by atoms with Gasteiger partial charge in [0.15, 0.2) is 0 Å². The summed E-state index contributed by atoms with van der Waals surface area (Å²) in [5.74, 6) is 0.177. The fraction of sp³-hybridized carbons (Fsp3) is 0.667. The second-order valence-corrected chi connectivity index (χ2v) is 4.10. The Balaban J connectivity index is 2.74. The van der Waals surface area contributed by atoms with E-state index in [-0.39, 0.29) is 18.3 Å². The van der Waals surface area contributed by atoms with E-state index in [4.69, 9.17) is 0 Å². The van der Waals surface area contributed by atoms with Crippen LogP contribution in [0.25, 0.3) is 0 Å². The molecule has 1 atom stereocenters. The van der Waals surface area contributed by atoms with Gasteiger partial charge in [-0.2, -0.15) is 8.42 Å². The maximum absolute atomic E-state index is 10.8. The van der Waals surface area contributed by atoms with E-state index in [1.807, 2.05) is 13.0 Å². The molecule has 1 rings (SSSR count). The van der Waals surface area contributed by atoms with Crippen molar-refractivity contribution in [2.75, 3.05) is 12.4 Å². The van der Waals surface area contributed by atoms with Gasteiger partial charge in [0.25, 0.3) is 10.1 Å². The van der Waals surface area contributed by atoms with Crippen LogP contribution in [0.1, 0.15) is 6.92 Å². The van der Waals surface area contributed by atoms with Crippen molar-refractivity contribution in [3.8, 4) is 0 Å². The molecule has 0 amide bonds. The van der Waals surface area contributed by atoms with E-state index < -0.39 is 10.1 Å². The highest BCUT2D eigenvalue weighted by Crippen LogP contribution is 2.08. The summed E-state index contributed by atoms with van der Waals surface area (Å²) >= 11 is 0. The van der Waals surface area contributed by atoms with E-state index in [9.17, 15) is 8.42 Å². The van der Waals surface area contributed by atoms with Crippen LogP contribution in [0.15, 0.2) is 12.2 Å². The molecule has 1 aliphatic rings. The SMILES string of the molecule is CC1C=CCOS(=O)(=O)C1. The second kappa shape index (κ2) is 2.72. The van der Waals surface area contributed by atoms with Crippen LogP contribution in [-0.2, 0) is 14.3 Å². The monoisotopic (exact) mass is 162 g/mol. The van der Waals surface area contributed by atoms with Gasteiger partial charge in [-0.05, 0) is 5.92 Å². The zero-order valence-corrected chi connectivity index (χ0v) is 6.60. The molecule has 1 heterocycles. The molecule has 0 saturated carbocycles. The van der Waals surface area contributed by atoms with E-state index in [1.54, 1.807) is 6.08 Å². The van der Waals surface area contributed by atoms with Crippen LogP contribution in [-0.4, -0.2) is 20.8 Å². The molecule has 10 heavy (non-hydrogen) atoms. The Kier molecular flexibility index (Phi) is 2.11. The molecule has 1 aliphatic heterocycles. The minimum atomic E-state index is -3.23. The highest BCUT2D eigenvalue weighted by Gasteiger charge is 2.16. The van der Waals surface area contributed by atoms with Crippen LogP contribution in [0.4, 0.5) is 0 Å². The quantitative estimate of drug-likeness (QED) is 0.385. The van der Waals surface area contributed by atoms with E-state index in [2.05, 4.69) is 4.18 Å². The van der Waals surface area contributed by atoms with Gasteiger partial charge < -0.3 is 0 Å². The fourth-order valence-electron chi connectivity index (χ4n) is 0.856. The summed E-state index contributed by atoms with van der Waals surface area (Å²) < 4.78 is 26.2. The van der Waals surface area contributed by atoms with Crippen molar-refractivity contribution in [3.05, 3.63) is 12.2 Å². The molecule has 0 aromatic heterocycles. The predicted octanol–water partition coefficient (Wildman–Crippen LogP) is 0.539. The van der Waals surface area contributed by atoms with E-state index in [0.717, 1.165) is 0 Å². The molecule has 4 heteroatoms. The van der Waals surface area contributed by atoms with Crippen molar-refractivity contribution in [2.24, 2.45) is 5.92 Å². The standard InChI is InChI=1S/C6H10O3S/c1-6-3-2-4-9-10(7,8)5-6/h2-3,6H,4-5H2,1H3. The molecule has 0 aliphatic carbocycles. The van der Waals surface area contributed by atoms with Gasteiger partial charge in [-0.3, -0.25) is 4.18 Å². The largest absolute Gasteiger partial charge is 0.268 e. The van der Waals surface area contributed by atoms with Gasteiger partial charge in [0.1, 0.15) is 0 Å². The third-order valence-electron chi connectivity index (χ3n) is 1.28. The van der Waals surface area contributed by atoms with Crippen molar-refractivity contribution in [1.82, 2.24) is 0 Å². The lowest BCUT2D eigenvalue weighted by atomic mass is 10.2. The van der Waals surface area contributed by atoms with Crippen molar-refractivity contribution in [1.29, 1.82) is 0 Å². The average molecular weight is 162 g/mol. The molecule has 0 saturated heterocycles. The minimum absolute atomic E-state index is 0.0764. The first kappa shape index (κ1) is 7.75. The molecule has 0 aromatic carbocycles. The van der Waals surface area contributed by atoms with Gasteiger partial charge in [0, 0.05) is 0 Å². The molecule has 3 nitrogen and oxygen atoms in total. The Morgan fingerprint density at radius 2 is 2.30 bits per heavy atom. The fourth-order valence-corrected chi connectivity index (χ4v) is 1.99. The first-order valence-corrected chi connectivity index (χ1v) is 4.72. The number of hydrogen-bond donors (Lipinski definition) is 0. The molecule has 0 aromatic rings. The van der Waals surface area contributed by atoms with Gasteiger partial charge in [0.2, 0.25) is 0 Å². The minimum Gasteiger partial charge on any atom is -0.266 e. The van der Waals surface area contributed by atoms with Crippen LogP contribution >= 0.6 is 0 Å².